The van der Waals surface area contributed by atoms with Crippen LogP contribution in [-0.4, -0.2) is 17.4 Å². The third kappa shape index (κ3) is 4.37. The topological polar surface area (TPSA) is 52.9 Å². The van der Waals surface area contributed by atoms with Crippen molar-refractivity contribution in [2.75, 3.05) is 16.8 Å². The van der Waals surface area contributed by atoms with Gasteiger partial charge in [-0.05, 0) is 30.0 Å². The van der Waals surface area contributed by atoms with E-state index < -0.39 is 0 Å². The highest BCUT2D eigenvalue weighted by molar-refractivity contribution is 7.99. The van der Waals surface area contributed by atoms with Crippen LogP contribution in [0.2, 0.25) is 0 Å². The van der Waals surface area contributed by atoms with Crippen molar-refractivity contribution in [1.29, 1.82) is 5.26 Å². The number of benzene rings is 1. The van der Waals surface area contributed by atoms with Crippen molar-refractivity contribution in [3.8, 4) is 6.07 Å². The molecule has 0 spiro atoms. The molecule has 0 radical (unpaired) electrons. The summed E-state index contributed by atoms with van der Waals surface area (Å²) in [6, 6.07) is 8.89. The maximum atomic E-state index is 11.5. The third-order valence-corrected chi connectivity index (χ3v) is 2.88. The van der Waals surface area contributed by atoms with Crippen LogP contribution in [0.15, 0.2) is 24.3 Å². The molecular weight excluding hydrogens is 220 g/mol. The van der Waals surface area contributed by atoms with Gasteiger partial charge in [0.15, 0.2) is 0 Å². The van der Waals surface area contributed by atoms with Gasteiger partial charge in [0.05, 0.1) is 11.6 Å². The molecule has 16 heavy (non-hydrogen) atoms. The lowest BCUT2D eigenvalue weighted by atomic mass is 10.2. The Morgan fingerprint density at radius 1 is 1.44 bits per heavy atom. The van der Waals surface area contributed by atoms with Gasteiger partial charge in [0.1, 0.15) is 0 Å². The fourth-order valence-electron chi connectivity index (χ4n) is 1.16. The minimum absolute atomic E-state index is 0.0191. The third-order valence-electron chi connectivity index (χ3n) is 1.98. The smallest absolute Gasteiger partial charge is 0.225 e. The van der Waals surface area contributed by atoms with Crippen LogP contribution in [0, 0.1) is 11.3 Å². The number of amides is 1. The van der Waals surface area contributed by atoms with Gasteiger partial charge in [0, 0.05) is 17.9 Å². The number of hydrogen-bond acceptors (Lipinski definition) is 3. The van der Waals surface area contributed by atoms with Crippen LogP contribution in [0.3, 0.4) is 0 Å². The molecule has 84 valence electrons. The second-order valence-electron chi connectivity index (χ2n) is 3.18. The van der Waals surface area contributed by atoms with Crippen LogP contribution >= 0.6 is 11.8 Å². The molecule has 0 aliphatic carbocycles. The van der Waals surface area contributed by atoms with Gasteiger partial charge in [-0.1, -0.05) is 6.92 Å². The average molecular weight is 234 g/mol. The first-order valence-electron chi connectivity index (χ1n) is 5.14. The van der Waals surface area contributed by atoms with Crippen LogP contribution in [0.5, 0.6) is 0 Å². The molecule has 1 aromatic rings. The van der Waals surface area contributed by atoms with Crippen molar-refractivity contribution < 1.29 is 4.79 Å². The molecule has 0 bridgehead atoms. The summed E-state index contributed by atoms with van der Waals surface area (Å²) in [5, 5.41) is 11.4. The molecule has 0 aromatic heterocycles. The lowest BCUT2D eigenvalue weighted by Gasteiger charge is -2.04. The van der Waals surface area contributed by atoms with Gasteiger partial charge in [-0.3, -0.25) is 4.79 Å². The molecule has 0 saturated carbocycles. The van der Waals surface area contributed by atoms with Crippen molar-refractivity contribution in [3.05, 3.63) is 29.8 Å². The molecule has 0 aliphatic heterocycles. The standard InChI is InChI=1S/C12H14N2OS/c1-2-16-8-7-12(15)14-11-5-3-10(9-13)4-6-11/h3-6H,2,7-8H2,1H3,(H,14,15). The summed E-state index contributed by atoms with van der Waals surface area (Å²) in [6.45, 7) is 2.07. The normalized spacial score (nSPS) is 9.50. The Bertz CT molecular complexity index is 381. The number of thioether (sulfide) groups is 1. The van der Waals surface area contributed by atoms with Crippen molar-refractivity contribution in [2.24, 2.45) is 0 Å². The first kappa shape index (κ1) is 12.6. The molecule has 1 amide bonds. The van der Waals surface area contributed by atoms with E-state index in [2.05, 4.69) is 12.2 Å². The van der Waals surface area contributed by atoms with Gasteiger partial charge in [-0.2, -0.15) is 17.0 Å². The minimum Gasteiger partial charge on any atom is -0.326 e. The molecular formula is C12H14N2OS. The summed E-state index contributed by atoms with van der Waals surface area (Å²) in [5.41, 5.74) is 1.34. The number of anilines is 1. The number of carbonyl (C=O) groups excluding carboxylic acids is 1. The molecule has 0 saturated heterocycles. The monoisotopic (exact) mass is 234 g/mol. The average Bonchev–Trinajstić information content (AvgIpc) is 2.30. The van der Waals surface area contributed by atoms with E-state index in [9.17, 15) is 4.79 Å². The zero-order valence-electron chi connectivity index (χ0n) is 9.19. The fraction of sp³-hybridized carbons (Fsp3) is 0.333. The zero-order valence-corrected chi connectivity index (χ0v) is 10.0. The Balaban J connectivity index is 2.41. The first-order chi connectivity index (χ1) is 7.76. The predicted molar refractivity (Wildman–Crippen MR) is 67.4 cm³/mol. The van der Waals surface area contributed by atoms with E-state index in [0.717, 1.165) is 17.2 Å². The number of hydrogen-bond donors (Lipinski definition) is 1. The van der Waals surface area contributed by atoms with Crippen LogP contribution in [0.1, 0.15) is 18.9 Å². The molecule has 0 atom stereocenters. The molecule has 0 unspecified atom stereocenters. The van der Waals surface area contributed by atoms with Crippen LogP contribution in [0.25, 0.3) is 0 Å². The number of nitrogens with zero attached hydrogens (tertiary/aromatic N) is 1. The lowest BCUT2D eigenvalue weighted by molar-refractivity contribution is -0.115. The molecule has 1 rings (SSSR count). The van der Waals surface area contributed by atoms with E-state index in [0.29, 0.717) is 12.0 Å². The van der Waals surface area contributed by atoms with Gasteiger partial charge in [0.2, 0.25) is 5.91 Å². The molecule has 1 aromatic carbocycles. The van der Waals surface area contributed by atoms with E-state index in [-0.39, 0.29) is 5.91 Å². The maximum absolute atomic E-state index is 11.5. The summed E-state index contributed by atoms with van der Waals surface area (Å²) in [5.74, 6) is 1.90. The molecule has 3 nitrogen and oxygen atoms in total. The summed E-state index contributed by atoms with van der Waals surface area (Å²) >= 11 is 1.75. The Labute approximate surface area is 99.8 Å². The van der Waals surface area contributed by atoms with Gasteiger partial charge in [-0.25, -0.2) is 0 Å². The van der Waals surface area contributed by atoms with Crippen LogP contribution < -0.4 is 5.32 Å². The molecule has 4 heteroatoms. The van der Waals surface area contributed by atoms with E-state index in [1.165, 1.54) is 0 Å². The number of carbonyl (C=O) groups is 1. The largest absolute Gasteiger partial charge is 0.326 e. The Morgan fingerprint density at radius 2 is 2.12 bits per heavy atom. The van der Waals surface area contributed by atoms with Gasteiger partial charge >= 0.3 is 0 Å². The van der Waals surface area contributed by atoms with Crippen molar-refractivity contribution >= 4 is 23.4 Å². The summed E-state index contributed by atoms with van der Waals surface area (Å²) < 4.78 is 0. The van der Waals surface area contributed by atoms with Crippen LogP contribution in [-0.2, 0) is 4.79 Å². The van der Waals surface area contributed by atoms with Crippen LogP contribution in [0.4, 0.5) is 5.69 Å². The fourth-order valence-corrected chi connectivity index (χ4v) is 1.78. The number of nitrogens with one attached hydrogen (secondary N) is 1. The molecule has 0 fully saturated rings. The summed E-state index contributed by atoms with van der Waals surface area (Å²) in [6.07, 6.45) is 0.526. The van der Waals surface area contributed by atoms with E-state index in [1.807, 2.05) is 6.07 Å². The Hall–Kier alpha value is -1.47. The Morgan fingerprint density at radius 3 is 2.69 bits per heavy atom. The second-order valence-corrected chi connectivity index (χ2v) is 4.58. The molecule has 0 heterocycles. The lowest BCUT2D eigenvalue weighted by Crippen LogP contribution is -2.12. The SMILES string of the molecule is CCSCCC(=O)Nc1ccc(C#N)cc1. The maximum Gasteiger partial charge on any atom is 0.225 e. The highest BCUT2D eigenvalue weighted by atomic mass is 32.2. The predicted octanol–water partition coefficient (Wildman–Crippen LogP) is 2.64. The summed E-state index contributed by atoms with van der Waals surface area (Å²) in [7, 11) is 0. The highest BCUT2D eigenvalue weighted by Crippen LogP contribution is 2.10. The van der Waals surface area contributed by atoms with E-state index >= 15 is 0 Å². The van der Waals surface area contributed by atoms with Gasteiger partial charge < -0.3 is 5.32 Å². The van der Waals surface area contributed by atoms with Gasteiger partial charge in [-0.15, -0.1) is 0 Å². The number of nitriles is 1. The minimum atomic E-state index is 0.0191. The van der Waals surface area contributed by atoms with E-state index in [1.54, 1.807) is 36.0 Å². The Kier molecular flexibility index (Phi) is 5.44. The second kappa shape index (κ2) is 6.91. The molecule has 1 N–H and O–H groups in total. The molecule has 0 aliphatic rings. The summed E-state index contributed by atoms with van der Waals surface area (Å²) in [4.78, 5) is 11.5. The number of rotatable bonds is 5. The zero-order chi connectivity index (χ0) is 11.8. The van der Waals surface area contributed by atoms with E-state index in [4.69, 9.17) is 5.26 Å². The highest BCUT2D eigenvalue weighted by Gasteiger charge is 2.01. The van der Waals surface area contributed by atoms with Crippen molar-refractivity contribution in [3.63, 3.8) is 0 Å². The quantitative estimate of drug-likeness (QED) is 0.797. The first-order valence-corrected chi connectivity index (χ1v) is 6.29. The van der Waals surface area contributed by atoms with Gasteiger partial charge in [0.25, 0.3) is 0 Å². The van der Waals surface area contributed by atoms with Crippen molar-refractivity contribution in [2.45, 2.75) is 13.3 Å². The van der Waals surface area contributed by atoms with Crippen molar-refractivity contribution in [1.82, 2.24) is 0 Å².